The number of nitrogens with two attached hydrogens (primary N) is 1. The van der Waals surface area contributed by atoms with Gasteiger partial charge in [0.05, 0.1) is 6.61 Å². The summed E-state index contributed by atoms with van der Waals surface area (Å²) in [6.45, 7) is 7.10. The minimum absolute atomic E-state index is 0.00494. The number of aliphatic hydroxyl groups excluding tert-OH is 1. The molecule has 2 aromatic carbocycles. The lowest BCUT2D eigenvalue weighted by atomic mass is 9.94. The van der Waals surface area contributed by atoms with Crippen molar-refractivity contribution in [2.75, 3.05) is 18.9 Å². The summed E-state index contributed by atoms with van der Waals surface area (Å²) in [5.41, 5.74) is 4.68. The highest BCUT2D eigenvalue weighted by molar-refractivity contribution is 6.99. The number of halogens is 1. The molecule has 4 atom stereocenters. The second kappa shape index (κ2) is 10.0. The van der Waals surface area contributed by atoms with E-state index in [1.165, 1.54) is 12.3 Å². The molecule has 9 heteroatoms. The van der Waals surface area contributed by atoms with E-state index < -0.39 is 32.5 Å². The largest absolute Gasteiger partial charge is 0.407 e. The highest BCUT2D eigenvalue weighted by atomic mass is 28.4. The van der Waals surface area contributed by atoms with Crippen LogP contribution in [-0.4, -0.2) is 48.5 Å². The lowest BCUT2D eigenvalue weighted by Crippen LogP contribution is -2.67. The van der Waals surface area contributed by atoms with Gasteiger partial charge in [-0.1, -0.05) is 81.4 Å². The predicted molar refractivity (Wildman–Crippen MR) is 136 cm³/mol. The Morgan fingerprint density at radius 3 is 2.17 bits per heavy atom. The molecular formula is C26H32FN3O4Si. The van der Waals surface area contributed by atoms with Gasteiger partial charge in [0, 0.05) is 18.7 Å². The first-order chi connectivity index (χ1) is 16.6. The van der Waals surface area contributed by atoms with Gasteiger partial charge in [0.1, 0.15) is 11.9 Å². The van der Waals surface area contributed by atoms with Gasteiger partial charge in [-0.15, -0.1) is 0 Å². The Labute approximate surface area is 205 Å². The lowest BCUT2D eigenvalue weighted by molar-refractivity contribution is -0.189. The molecular weight excluding hydrogens is 465 g/mol. The molecule has 1 aliphatic heterocycles. The Kier molecular flexibility index (Phi) is 7.23. The number of hydrogen-bond donors (Lipinski definition) is 2. The van der Waals surface area contributed by atoms with Gasteiger partial charge in [-0.25, -0.2) is 9.18 Å². The molecule has 2 heterocycles. The van der Waals surface area contributed by atoms with Gasteiger partial charge in [-0.05, 0) is 21.5 Å². The second-order valence-corrected chi connectivity index (χ2v) is 14.2. The van der Waals surface area contributed by atoms with Gasteiger partial charge in [0.15, 0.2) is 12.4 Å². The molecule has 7 nitrogen and oxygen atoms in total. The van der Waals surface area contributed by atoms with E-state index in [-0.39, 0.29) is 23.4 Å². The van der Waals surface area contributed by atoms with Gasteiger partial charge in [-0.3, -0.25) is 4.57 Å². The van der Waals surface area contributed by atoms with Crippen LogP contribution in [0.2, 0.25) is 5.04 Å². The van der Waals surface area contributed by atoms with E-state index >= 15 is 4.39 Å². The molecule has 1 aliphatic rings. The average molecular weight is 498 g/mol. The fourth-order valence-electron chi connectivity index (χ4n) is 4.78. The molecule has 0 radical (unpaired) electrons. The monoisotopic (exact) mass is 497 g/mol. The molecule has 0 spiro atoms. The zero-order valence-electron chi connectivity index (χ0n) is 20.2. The Balaban J connectivity index is 1.59. The summed E-state index contributed by atoms with van der Waals surface area (Å²) in [4.78, 5) is 15.6. The van der Waals surface area contributed by atoms with E-state index in [0.29, 0.717) is 6.61 Å². The summed E-state index contributed by atoms with van der Waals surface area (Å²) >= 11 is 0. The first-order valence-electron chi connectivity index (χ1n) is 11.7. The molecule has 3 aromatic rings. The number of anilines is 1. The van der Waals surface area contributed by atoms with E-state index in [0.717, 1.165) is 14.9 Å². The third-order valence-electron chi connectivity index (χ3n) is 6.63. The van der Waals surface area contributed by atoms with E-state index in [1.807, 2.05) is 36.4 Å². The number of nitrogen functional groups attached to an aromatic ring is 1. The van der Waals surface area contributed by atoms with Crippen molar-refractivity contribution in [3.63, 3.8) is 0 Å². The smallest absolute Gasteiger partial charge is 0.351 e. The third kappa shape index (κ3) is 4.81. The van der Waals surface area contributed by atoms with Gasteiger partial charge in [0.25, 0.3) is 8.32 Å². The van der Waals surface area contributed by atoms with Gasteiger partial charge in [-0.2, -0.15) is 4.98 Å². The van der Waals surface area contributed by atoms with Crippen LogP contribution in [0.25, 0.3) is 0 Å². The van der Waals surface area contributed by atoms with Crippen molar-refractivity contribution in [1.29, 1.82) is 0 Å². The molecule has 186 valence electrons. The quantitative estimate of drug-likeness (QED) is 0.463. The molecule has 0 amide bonds. The van der Waals surface area contributed by atoms with E-state index in [1.54, 1.807) is 0 Å². The highest BCUT2D eigenvalue weighted by Crippen LogP contribution is 2.38. The van der Waals surface area contributed by atoms with Gasteiger partial charge >= 0.3 is 5.69 Å². The Bertz CT molecular complexity index is 1150. The summed E-state index contributed by atoms with van der Waals surface area (Å²) in [7, 11) is -2.78. The maximum Gasteiger partial charge on any atom is 0.351 e. The molecule has 3 N–H and O–H groups in total. The van der Waals surface area contributed by atoms with Crippen molar-refractivity contribution < 1.29 is 18.7 Å². The number of nitrogens with zero attached hydrogens (tertiary/aromatic N) is 2. The fraction of sp³-hybridized carbons (Fsp3) is 0.385. The molecule has 0 bridgehead atoms. The van der Waals surface area contributed by atoms with Crippen LogP contribution < -0.4 is 21.8 Å². The fourth-order valence-corrected chi connectivity index (χ4v) is 9.40. The number of benzene rings is 2. The van der Waals surface area contributed by atoms with Crippen molar-refractivity contribution >= 4 is 24.5 Å². The standard InChI is InChI=1S/C26H32FN3O4Si/c1-26(2,3)35(19-10-6-4-7-11-19,20-12-8-5-9-13-20)34-17-18-16-33-23(18)22(27)24(31)30-15-14-21(28)29-25(30)32/h4-15,18,22-24,31H,16-17H2,1-3H3,(H2,28,29,32)/t18-,22+,23+,24+/m0/s1. The molecule has 1 saturated heterocycles. The summed E-state index contributed by atoms with van der Waals surface area (Å²) < 4.78 is 28.5. The minimum Gasteiger partial charge on any atom is -0.407 e. The highest BCUT2D eigenvalue weighted by Gasteiger charge is 2.52. The van der Waals surface area contributed by atoms with Crippen molar-refractivity contribution in [3.8, 4) is 0 Å². The zero-order valence-corrected chi connectivity index (χ0v) is 21.2. The number of rotatable bonds is 8. The van der Waals surface area contributed by atoms with Gasteiger partial charge in [0.2, 0.25) is 0 Å². The maximum absolute atomic E-state index is 15.3. The molecule has 1 aromatic heterocycles. The second-order valence-electron chi connectivity index (χ2n) is 9.93. The van der Waals surface area contributed by atoms with Crippen LogP contribution >= 0.6 is 0 Å². The minimum atomic E-state index is -2.78. The zero-order chi connectivity index (χ0) is 25.2. The molecule has 1 fully saturated rings. The normalized spacial score (nSPS) is 20.1. The summed E-state index contributed by atoms with van der Waals surface area (Å²) in [5, 5.41) is 12.6. The maximum atomic E-state index is 15.3. The van der Waals surface area contributed by atoms with Crippen molar-refractivity contribution in [3.05, 3.63) is 83.4 Å². The topological polar surface area (TPSA) is 99.6 Å². The molecule has 35 heavy (non-hydrogen) atoms. The Morgan fingerprint density at radius 2 is 1.71 bits per heavy atom. The van der Waals surface area contributed by atoms with Crippen LogP contribution in [0, 0.1) is 5.92 Å². The number of alkyl halides is 1. The number of ether oxygens (including phenoxy) is 1. The molecule has 0 saturated carbocycles. The third-order valence-corrected chi connectivity index (χ3v) is 11.6. The van der Waals surface area contributed by atoms with Crippen LogP contribution in [0.1, 0.15) is 27.0 Å². The van der Waals surface area contributed by atoms with Gasteiger partial charge < -0.3 is 20.0 Å². The number of hydrogen-bond acceptors (Lipinski definition) is 6. The summed E-state index contributed by atoms with van der Waals surface area (Å²) in [6.07, 6.45) is -3.25. The van der Waals surface area contributed by atoms with E-state index in [2.05, 4.69) is 50.0 Å². The average Bonchev–Trinajstić information content (AvgIpc) is 2.81. The number of aliphatic hydroxyl groups is 1. The SMILES string of the molecule is CC(C)(C)[Si](OC[C@@H]1CO[C@H]1[C@@H](F)[C@@H](O)n1ccc(N)nc1=O)(c1ccccc1)c1ccccc1. The summed E-state index contributed by atoms with van der Waals surface area (Å²) in [6, 6.07) is 21.7. The van der Waals surface area contributed by atoms with E-state index in [9.17, 15) is 9.90 Å². The van der Waals surface area contributed by atoms with Crippen LogP contribution in [0.15, 0.2) is 77.7 Å². The van der Waals surface area contributed by atoms with E-state index in [4.69, 9.17) is 14.9 Å². The van der Waals surface area contributed by atoms with Crippen LogP contribution in [-0.2, 0) is 9.16 Å². The van der Waals surface area contributed by atoms with Crippen LogP contribution in [0.4, 0.5) is 10.2 Å². The predicted octanol–water partition coefficient (Wildman–Crippen LogP) is 2.25. The van der Waals surface area contributed by atoms with Crippen LogP contribution in [0.5, 0.6) is 0 Å². The van der Waals surface area contributed by atoms with Crippen molar-refractivity contribution in [2.24, 2.45) is 5.92 Å². The first kappa shape index (κ1) is 25.2. The Morgan fingerprint density at radius 1 is 1.14 bits per heavy atom. The Hall–Kier alpha value is -2.85. The lowest BCUT2D eigenvalue weighted by Gasteiger charge is -2.46. The molecule has 0 aliphatic carbocycles. The number of aromatic nitrogens is 2. The first-order valence-corrected chi connectivity index (χ1v) is 13.6. The molecule has 4 rings (SSSR count). The summed E-state index contributed by atoms with van der Waals surface area (Å²) in [5.74, 6) is -0.274. The van der Waals surface area contributed by atoms with Crippen LogP contribution in [0.3, 0.4) is 0 Å². The molecule has 0 unspecified atom stereocenters. The van der Waals surface area contributed by atoms with Crippen molar-refractivity contribution in [2.45, 2.75) is 44.3 Å². The van der Waals surface area contributed by atoms with Crippen molar-refractivity contribution in [1.82, 2.24) is 9.55 Å².